The number of nitrogens with two attached hydrogens (primary N) is 2. The largest absolute Gasteiger partial charge is 0.472 e. The molecule has 4 aliphatic rings. The van der Waals surface area contributed by atoms with Crippen LogP contribution in [0.2, 0.25) is 0 Å². The number of phosphoric ester groups is 1. The van der Waals surface area contributed by atoms with Crippen molar-refractivity contribution in [3.05, 3.63) is 93.3 Å². The molecule has 0 spiro atoms. The molecule has 6 amide bonds. The van der Waals surface area contributed by atoms with E-state index in [1.165, 1.54) is 12.2 Å². The topological polar surface area (TPSA) is 402 Å². The molecule has 0 radical (unpaired) electrons. The predicted molar refractivity (Wildman–Crippen MR) is 284 cm³/mol. The number of imidazole rings is 1. The number of ketones is 1. The number of primary amides is 1. The van der Waals surface area contributed by atoms with Crippen LogP contribution >= 0.6 is 26.0 Å². The second-order valence-corrected chi connectivity index (χ2v) is 25.2. The Morgan fingerprint density at radius 2 is 1.51 bits per heavy atom. The molecule has 12 atom stereocenters. The van der Waals surface area contributed by atoms with E-state index < -0.39 is 142 Å². The number of rotatable bonds is 22. The molecule has 4 aromatic rings. The number of alkyl halides is 2. The van der Waals surface area contributed by atoms with Gasteiger partial charge in [-0.05, 0) is 54.1 Å². The van der Waals surface area contributed by atoms with Gasteiger partial charge in [-0.15, -0.1) is 0 Å². The van der Waals surface area contributed by atoms with Crippen LogP contribution in [0.1, 0.15) is 76.0 Å². The summed E-state index contributed by atoms with van der Waals surface area (Å²) in [6.45, 7) is -2.91. The van der Waals surface area contributed by atoms with E-state index in [9.17, 15) is 47.8 Å². The monoisotopic (exact) mass is 1210 g/mol. The zero-order chi connectivity index (χ0) is 59.0. The summed E-state index contributed by atoms with van der Waals surface area (Å²) in [5.41, 5.74) is 10.3. The van der Waals surface area contributed by atoms with E-state index in [1.54, 1.807) is 38.1 Å². The van der Waals surface area contributed by atoms with Gasteiger partial charge in [0.05, 0.1) is 25.6 Å². The number of nitrogens with zero attached hydrogens (tertiary/aromatic N) is 6. The Bertz CT molecular complexity index is 3260. The number of phosphoric acid groups is 1. The molecule has 444 valence electrons. The van der Waals surface area contributed by atoms with Gasteiger partial charge in [0.15, 0.2) is 42.0 Å². The van der Waals surface area contributed by atoms with Crippen LogP contribution in [0.15, 0.2) is 70.9 Å². The van der Waals surface area contributed by atoms with Crippen molar-refractivity contribution in [1.82, 2.24) is 49.9 Å². The number of aromatic amines is 1. The number of Topliss-reactive ketones (excluding diaryl/α,β-unsaturated/α-hetero) is 1. The zero-order valence-corrected chi connectivity index (χ0v) is 46.6. The van der Waals surface area contributed by atoms with Crippen molar-refractivity contribution in [3.63, 3.8) is 0 Å². The van der Waals surface area contributed by atoms with Gasteiger partial charge in [-0.1, -0.05) is 44.5 Å². The third-order valence-corrected chi connectivity index (χ3v) is 18.2. The minimum Gasteiger partial charge on any atom is -0.382 e. The summed E-state index contributed by atoms with van der Waals surface area (Å²) >= 11 is 0.541. The van der Waals surface area contributed by atoms with Crippen molar-refractivity contribution in [3.8, 4) is 0 Å². The highest BCUT2D eigenvalue weighted by Gasteiger charge is 2.55. The summed E-state index contributed by atoms with van der Waals surface area (Å²) in [6, 6.07) is 4.31. The van der Waals surface area contributed by atoms with Gasteiger partial charge in [0, 0.05) is 56.1 Å². The number of nitrogens with one attached hydrogen (secondary N) is 4. The predicted octanol–water partition coefficient (Wildman–Crippen LogP) is 2.06. The molecule has 3 fully saturated rings. The molecule has 29 nitrogen and oxygen atoms in total. The highest BCUT2D eigenvalue weighted by atomic mass is 32.7. The molecule has 3 aromatic heterocycles. The lowest BCUT2D eigenvalue weighted by Crippen LogP contribution is -2.54. The second kappa shape index (κ2) is 26.8. The first-order valence-electron chi connectivity index (χ1n) is 25.8. The lowest BCUT2D eigenvalue weighted by Gasteiger charge is -2.29. The van der Waals surface area contributed by atoms with E-state index >= 15 is 13.3 Å². The van der Waals surface area contributed by atoms with Gasteiger partial charge in [0.1, 0.15) is 42.3 Å². The van der Waals surface area contributed by atoms with Gasteiger partial charge in [0.25, 0.3) is 17.4 Å². The maximum Gasteiger partial charge on any atom is 0.472 e. The minimum absolute atomic E-state index is 0.0182. The first-order chi connectivity index (χ1) is 39.0. The quantitative estimate of drug-likeness (QED) is 0.0336. The number of benzene rings is 1. The second-order valence-electron chi connectivity index (χ2n) is 19.8. The molecule has 4 aliphatic heterocycles. The van der Waals surface area contributed by atoms with Crippen LogP contribution in [0.25, 0.3) is 11.2 Å². The molecule has 0 aliphatic carbocycles. The number of hydrogen-bond acceptors (Lipinski definition) is 21. The summed E-state index contributed by atoms with van der Waals surface area (Å²) < 4.78 is 97.7. The molecule has 4 unspecified atom stereocenters. The minimum atomic E-state index is -5.31. The van der Waals surface area contributed by atoms with Crippen molar-refractivity contribution in [2.45, 2.75) is 126 Å². The summed E-state index contributed by atoms with van der Waals surface area (Å²) in [5.74, 6) is -2.92. The van der Waals surface area contributed by atoms with Crippen LogP contribution in [0.3, 0.4) is 0 Å². The Morgan fingerprint density at radius 3 is 2.18 bits per heavy atom. The number of carbonyl (C=O) groups is 6. The maximum atomic E-state index is 16.7. The molecular formula is C48H60F2N12O17P2S. The van der Waals surface area contributed by atoms with Crippen LogP contribution in [0.5, 0.6) is 0 Å². The van der Waals surface area contributed by atoms with E-state index in [0.717, 1.165) is 34.4 Å². The van der Waals surface area contributed by atoms with Crippen molar-refractivity contribution in [2.24, 2.45) is 11.7 Å². The number of urea groups is 1. The molecule has 7 heterocycles. The Kier molecular flexibility index (Phi) is 20.1. The number of halogens is 2. The molecule has 0 saturated carbocycles. The summed E-state index contributed by atoms with van der Waals surface area (Å²) in [5, 5.41) is 7.95. The number of amides is 6. The lowest BCUT2D eigenvalue weighted by atomic mass is 9.97. The highest BCUT2D eigenvalue weighted by molar-refractivity contribution is 8.54. The smallest absolute Gasteiger partial charge is 0.382 e. The molecule has 9 N–H and O–H groups in total. The fraction of sp³-hybridized carbons (Fsp3) is 0.521. The number of ether oxygens (including phenoxy) is 2. The normalized spacial score (nSPS) is 27.3. The van der Waals surface area contributed by atoms with E-state index in [1.807, 2.05) is 4.98 Å². The maximum absolute atomic E-state index is 16.7. The van der Waals surface area contributed by atoms with E-state index in [0.29, 0.717) is 46.3 Å². The number of hydrogen-bond donors (Lipinski definition) is 7. The highest BCUT2D eigenvalue weighted by Crippen LogP contribution is 2.65. The standard InChI is InChI=1S/C48H60F2N12O17P2S/c1-25(2)38(58-32(64)8-4-3-5-17-60-34(66)13-14-35(60)67)44(68)57-28(7-6-16-53-47(52)69)29(63)19-26-9-11-27(12-10-26)22-82-81(73)75-21-31-40(36(49)46(77-31)62-24-56-39-42(51)54-23-55-43(39)62)78-80(71,72)74-20-30-41(79-81)37(50)45(76-30)61-18-15-33(65)59-48(61)70/h9-15,18,23-25,28,30-31,36-38,40-41,45-46H,3-8,16-17,19-22H2,1-2H3,(H,57,68)(H,58,64)(H,71,72)(H2,51,54,55)(H3,52,53,69)(H,59,65,70)/t28?,30-,31-,36-,37-,38?,40-,41-,45-,46-,81?/m1/s1. The van der Waals surface area contributed by atoms with Gasteiger partial charge in [-0.25, -0.2) is 42.5 Å². The number of H-pyrrole nitrogens is 1. The molecule has 34 heteroatoms. The van der Waals surface area contributed by atoms with Gasteiger partial charge in [-0.3, -0.25) is 65.9 Å². The molecular weight excluding hydrogens is 1150 g/mol. The molecule has 1 aromatic carbocycles. The third-order valence-electron chi connectivity index (χ3n) is 13.5. The summed E-state index contributed by atoms with van der Waals surface area (Å²) in [4.78, 5) is 127. The van der Waals surface area contributed by atoms with E-state index in [4.69, 9.17) is 39.0 Å². The van der Waals surface area contributed by atoms with Crippen molar-refractivity contribution >= 4 is 78.4 Å². The Balaban J connectivity index is 0.955. The van der Waals surface area contributed by atoms with Crippen molar-refractivity contribution < 1.29 is 79.1 Å². The van der Waals surface area contributed by atoms with E-state index in [2.05, 4.69) is 30.9 Å². The van der Waals surface area contributed by atoms with E-state index in [-0.39, 0.29) is 61.5 Å². The first-order valence-corrected chi connectivity index (χ1v) is 30.5. The summed E-state index contributed by atoms with van der Waals surface area (Å²) in [7, 11) is -5.31. The number of aromatic nitrogens is 6. The Labute approximate surface area is 468 Å². The summed E-state index contributed by atoms with van der Waals surface area (Å²) in [6.07, 6.45) is -8.39. The van der Waals surface area contributed by atoms with Gasteiger partial charge < -0.3 is 41.8 Å². The number of anilines is 1. The number of nitrogen functional groups attached to an aromatic ring is 1. The van der Waals surface area contributed by atoms with Crippen molar-refractivity contribution in [2.75, 3.05) is 32.0 Å². The molecule has 8 rings (SSSR count). The Hall–Kier alpha value is -6.60. The van der Waals surface area contributed by atoms with Crippen LogP contribution < -0.4 is 38.7 Å². The van der Waals surface area contributed by atoms with Crippen LogP contribution in [-0.2, 0) is 72.8 Å². The average molecular weight is 1210 g/mol. The van der Waals surface area contributed by atoms with Crippen LogP contribution in [0.4, 0.5) is 19.4 Å². The van der Waals surface area contributed by atoms with Crippen molar-refractivity contribution in [1.29, 1.82) is 0 Å². The van der Waals surface area contributed by atoms with Gasteiger partial charge in [-0.2, -0.15) is 0 Å². The number of unbranched alkanes of at least 4 members (excludes halogenated alkanes) is 2. The third kappa shape index (κ3) is 15.1. The molecule has 82 heavy (non-hydrogen) atoms. The van der Waals surface area contributed by atoms with Gasteiger partial charge in [0.2, 0.25) is 11.8 Å². The SMILES string of the molecule is CC(C)C(NC(=O)CCCCCN1C(=O)C=CC1=O)C(=O)NC(CCCNC(N)=O)C(=O)Cc1ccc(CSP2(=O)OC[C@H]3O[C@@H](n4cnc5c(N)ncnc54)[C@H](F)[C@@H]3OP(=O)(O)OC[C@H]3O[C@@H](n4ccc(=O)[nH]c4=O)[C@H](F)[C@@H]3O2)cc1. The Morgan fingerprint density at radius 1 is 0.854 bits per heavy atom. The number of fused-ring (bicyclic) bond motifs is 3. The fourth-order valence-corrected chi connectivity index (χ4v) is 13.6. The van der Waals surface area contributed by atoms with Crippen LogP contribution in [0, 0.1) is 5.92 Å². The number of imide groups is 1. The first kappa shape index (κ1) is 61.5. The number of carbonyl (C=O) groups excluding carboxylic acids is 6. The molecule has 3 saturated heterocycles. The zero-order valence-electron chi connectivity index (χ0n) is 44.0. The average Bonchev–Trinajstić information content (AvgIpc) is 4.39. The fourth-order valence-electron chi connectivity index (χ4n) is 9.29. The van der Waals surface area contributed by atoms with Gasteiger partial charge >= 0.3 is 26.3 Å². The van der Waals surface area contributed by atoms with Crippen LogP contribution in [-0.4, -0.2) is 149 Å². The lowest BCUT2D eigenvalue weighted by molar-refractivity contribution is -0.137. The molecule has 0 bridgehead atoms.